The van der Waals surface area contributed by atoms with Crippen LogP contribution in [0.25, 0.3) is 0 Å². The van der Waals surface area contributed by atoms with Gasteiger partial charge in [-0.15, -0.1) is 0 Å². The molecule has 1 atom stereocenters. The molecule has 1 aliphatic heterocycles. The van der Waals surface area contributed by atoms with E-state index >= 15 is 0 Å². The van der Waals surface area contributed by atoms with Crippen molar-refractivity contribution in [1.82, 2.24) is 4.90 Å². The van der Waals surface area contributed by atoms with Crippen molar-refractivity contribution in [1.29, 1.82) is 0 Å². The van der Waals surface area contributed by atoms with Crippen LogP contribution >= 0.6 is 0 Å². The molecule has 4 nitrogen and oxygen atoms in total. The van der Waals surface area contributed by atoms with Crippen molar-refractivity contribution in [3.05, 3.63) is 24.3 Å². The van der Waals surface area contributed by atoms with E-state index < -0.39 is 0 Å². The van der Waals surface area contributed by atoms with Crippen molar-refractivity contribution in [2.75, 3.05) is 39.1 Å². The van der Waals surface area contributed by atoms with Crippen molar-refractivity contribution < 1.29 is 9.47 Å². The molecule has 0 aromatic heterocycles. The van der Waals surface area contributed by atoms with Crippen LogP contribution in [0.1, 0.15) is 26.2 Å². The number of rotatable bonds is 6. The Morgan fingerprint density at radius 1 is 1.30 bits per heavy atom. The average molecular weight is 278 g/mol. The van der Waals surface area contributed by atoms with Gasteiger partial charge in [0.05, 0.1) is 12.2 Å². The summed E-state index contributed by atoms with van der Waals surface area (Å²) >= 11 is 0. The number of piperidine rings is 1. The van der Waals surface area contributed by atoms with Gasteiger partial charge in [-0.2, -0.15) is 0 Å². The Bertz CT molecular complexity index is 407. The molecule has 20 heavy (non-hydrogen) atoms. The fourth-order valence-electron chi connectivity index (χ4n) is 2.71. The highest BCUT2D eigenvalue weighted by atomic mass is 16.5. The van der Waals surface area contributed by atoms with Crippen LogP contribution in [0.3, 0.4) is 0 Å². The first-order valence-corrected chi connectivity index (χ1v) is 7.37. The SMILES string of the molecule is COC1(C)CCCN(CCCOc2ccc(N)cc2)C1. The third-order valence-corrected chi connectivity index (χ3v) is 4.00. The molecule has 1 aromatic carbocycles. The van der Waals surface area contributed by atoms with Crippen molar-refractivity contribution in [3.8, 4) is 5.75 Å². The van der Waals surface area contributed by atoms with E-state index in [2.05, 4.69) is 11.8 Å². The first kappa shape index (κ1) is 15.1. The molecule has 1 heterocycles. The number of anilines is 1. The molecule has 1 aliphatic rings. The summed E-state index contributed by atoms with van der Waals surface area (Å²) in [6.07, 6.45) is 3.40. The van der Waals surface area contributed by atoms with Gasteiger partial charge in [-0.3, -0.25) is 0 Å². The maximum absolute atomic E-state index is 5.72. The van der Waals surface area contributed by atoms with Crippen LogP contribution < -0.4 is 10.5 Å². The Morgan fingerprint density at radius 3 is 2.75 bits per heavy atom. The number of ether oxygens (including phenoxy) is 2. The highest BCUT2D eigenvalue weighted by molar-refractivity contribution is 5.41. The zero-order valence-electron chi connectivity index (χ0n) is 12.6. The van der Waals surface area contributed by atoms with Gasteiger partial charge < -0.3 is 20.1 Å². The molecule has 2 rings (SSSR count). The quantitative estimate of drug-likeness (QED) is 0.641. The molecular weight excluding hydrogens is 252 g/mol. The number of nitrogens with zero attached hydrogens (tertiary/aromatic N) is 1. The van der Waals surface area contributed by atoms with Gasteiger partial charge in [0.1, 0.15) is 5.75 Å². The molecule has 0 aliphatic carbocycles. The van der Waals surface area contributed by atoms with Crippen LogP contribution in [-0.2, 0) is 4.74 Å². The lowest BCUT2D eigenvalue weighted by atomic mass is 9.95. The summed E-state index contributed by atoms with van der Waals surface area (Å²) in [5.41, 5.74) is 6.44. The van der Waals surface area contributed by atoms with Crippen LogP contribution in [0, 0.1) is 0 Å². The first-order chi connectivity index (χ1) is 9.61. The Morgan fingerprint density at radius 2 is 2.05 bits per heavy atom. The van der Waals surface area contributed by atoms with Crippen LogP contribution in [-0.4, -0.2) is 43.9 Å². The van der Waals surface area contributed by atoms with E-state index in [1.807, 2.05) is 31.4 Å². The van der Waals surface area contributed by atoms with E-state index in [-0.39, 0.29) is 5.60 Å². The smallest absolute Gasteiger partial charge is 0.119 e. The summed E-state index contributed by atoms with van der Waals surface area (Å²) in [6.45, 7) is 6.19. The standard InChI is InChI=1S/C16H26N2O2/c1-16(19-2)9-3-10-18(13-16)11-4-12-20-15-7-5-14(17)6-8-15/h5-8H,3-4,9-13,17H2,1-2H3. The minimum atomic E-state index is 0.0239. The van der Waals surface area contributed by atoms with E-state index in [0.717, 1.165) is 44.0 Å². The number of nitrogens with two attached hydrogens (primary N) is 1. The summed E-state index contributed by atoms with van der Waals surface area (Å²) in [7, 11) is 1.81. The van der Waals surface area contributed by atoms with Gasteiger partial charge in [0.25, 0.3) is 0 Å². The molecule has 1 saturated heterocycles. The molecule has 4 heteroatoms. The van der Waals surface area contributed by atoms with Gasteiger partial charge in [0, 0.05) is 25.9 Å². The molecule has 0 radical (unpaired) electrons. The van der Waals surface area contributed by atoms with Gasteiger partial charge in [0.15, 0.2) is 0 Å². The lowest BCUT2D eigenvalue weighted by Crippen LogP contribution is -2.47. The minimum absolute atomic E-state index is 0.0239. The number of benzene rings is 1. The van der Waals surface area contributed by atoms with Crippen LogP contribution in [0.5, 0.6) is 5.75 Å². The lowest BCUT2D eigenvalue weighted by Gasteiger charge is -2.39. The number of likely N-dealkylation sites (tertiary alicyclic amines) is 1. The normalized spacial score (nSPS) is 23.7. The third kappa shape index (κ3) is 4.39. The zero-order chi connectivity index (χ0) is 14.4. The molecule has 0 saturated carbocycles. The van der Waals surface area contributed by atoms with Crippen molar-refractivity contribution in [3.63, 3.8) is 0 Å². The van der Waals surface area contributed by atoms with Gasteiger partial charge in [-0.05, 0) is 57.0 Å². The maximum Gasteiger partial charge on any atom is 0.119 e. The second kappa shape index (κ2) is 6.95. The molecule has 1 aromatic rings. The molecule has 2 N–H and O–H groups in total. The van der Waals surface area contributed by atoms with Gasteiger partial charge in [-0.1, -0.05) is 0 Å². The topological polar surface area (TPSA) is 47.7 Å². The van der Waals surface area contributed by atoms with E-state index in [1.165, 1.54) is 13.0 Å². The van der Waals surface area contributed by atoms with Crippen LogP contribution in [0.2, 0.25) is 0 Å². The Labute approximate surface area is 121 Å². The van der Waals surface area contributed by atoms with E-state index in [1.54, 1.807) is 0 Å². The lowest BCUT2D eigenvalue weighted by molar-refractivity contribution is -0.0512. The molecule has 0 bridgehead atoms. The summed E-state index contributed by atoms with van der Waals surface area (Å²) < 4.78 is 11.3. The zero-order valence-corrected chi connectivity index (χ0v) is 12.6. The Hall–Kier alpha value is -1.26. The fraction of sp³-hybridized carbons (Fsp3) is 0.625. The first-order valence-electron chi connectivity index (χ1n) is 7.37. The van der Waals surface area contributed by atoms with E-state index in [9.17, 15) is 0 Å². The predicted molar refractivity (Wildman–Crippen MR) is 82.1 cm³/mol. The van der Waals surface area contributed by atoms with Gasteiger partial charge in [-0.25, -0.2) is 0 Å². The van der Waals surface area contributed by atoms with Crippen molar-refractivity contribution in [2.24, 2.45) is 0 Å². The summed E-state index contributed by atoms with van der Waals surface area (Å²) in [6, 6.07) is 7.56. The maximum atomic E-state index is 5.72. The second-order valence-electron chi connectivity index (χ2n) is 5.80. The van der Waals surface area contributed by atoms with Gasteiger partial charge in [0.2, 0.25) is 0 Å². The van der Waals surface area contributed by atoms with Crippen molar-refractivity contribution >= 4 is 5.69 Å². The number of hydrogen-bond acceptors (Lipinski definition) is 4. The van der Waals surface area contributed by atoms with E-state index in [0.29, 0.717) is 0 Å². The summed E-state index contributed by atoms with van der Waals surface area (Å²) in [5.74, 6) is 0.888. The summed E-state index contributed by atoms with van der Waals surface area (Å²) in [5, 5.41) is 0. The monoisotopic (exact) mass is 278 g/mol. The highest BCUT2D eigenvalue weighted by Crippen LogP contribution is 2.23. The number of nitrogen functional groups attached to an aromatic ring is 1. The molecule has 112 valence electrons. The second-order valence-corrected chi connectivity index (χ2v) is 5.80. The number of methoxy groups -OCH3 is 1. The Balaban J connectivity index is 1.67. The van der Waals surface area contributed by atoms with E-state index in [4.69, 9.17) is 15.2 Å². The fourth-order valence-corrected chi connectivity index (χ4v) is 2.71. The molecule has 0 amide bonds. The molecule has 0 spiro atoms. The summed E-state index contributed by atoms with van der Waals surface area (Å²) in [4.78, 5) is 2.47. The van der Waals surface area contributed by atoms with Crippen LogP contribution in [0.15, 0.2) is 24.3 Å². The minimum Gasteiger partial charge on any atom is -0.494 e. The van der Waals surface area contributed by atoms with Gasteiger partial charge >= 0.3 is 0 Å². The van der Waals surface area contributed by atoms with Crippen molar-refractivity contribution in [2.45, 2.75) is 31.8 Å². The van der Waals surface area contributed by atoms with Crippen LogP contribution in [0.4, 0.5) is 5.69 Å². The average Bonchev–Trinajstić information content (AvgIpc) is 2.46. The molecule has 1 fully saturated rings. The molecular formula is C16H26N2O2. The third-order valence-electron chi connectivity index (χ3n) is 4.00. The predicted octanol–water partition coefficient (Wildman–Crippen LogP) is 2.54. The molecule has 1 unspecified atom stereocenters. The highest BCUT2D eigenvalue weighted by Gasteiger charge is 2.30. The Kier molecular flexibility index (Phi) is 5.26. The largest absolute Gasteiger partial charge is 0.494 e. The number of hydrogen-bond donors (Lipinski definition) is 1.